The van der Waals surface area contributed by atoms with E-state index in [0.717, 1.165) is 24.3 Å². The molecule has 0 amide bonds. The fraction of sp³-hybridized carbons (Fsp3) is 0.600. The maximum absolute atomic E-state index is 5.97. The molecule has 1 saturated carbocycles. The molecule has 2 N–H and O–H groups in total. The number of methoxy groups -OCH3 is 2. The highest BCUT2D eigenvalue weighted by Gasteiger charge is 2.22. The summed E-state index contributed by atoms with van der Waals surface area (Å²) in [6.07, 6.45) is 4.60. The predicted octanol–water partition coefficient (Wildman–Crippen LogP) is 3.00. The molecule has 0 spiro atoms. The topological polar surface area (TPSA) is 44.5 Å². The van der Waals surface area contributed by atoms with E-state index in [1.165, 1.54) is 24.0 Å². The van der Waals surface area contributed by atoms with E-state index in [2.05, 4.69) is 19.1 Å². The summed E-state index contributed by atoms with van der Waals surface area (Å²) in [6.45, 7) is 2.14. The summed E-state index contributed by atoms with van der Waals surface area (Å²) in [7, 11) is 3.37. The minimum Gasteiger partial charge on any atom is -0.493 e. The molecule has 0 radical (unpaired) electrons. The Hall–Kier alpha value is -1.22. The molecule has 0 aliphatic heterocycles. The lowest BCUT2D eigenvalue weighted by Crippen LogP contribution is -2.25. The molecule has 3 nitrogen and oxygen atoms in total. The lowest BCUT2D eigenvalue weighted by atomic mass is 9.80. The average molecular weight is 249 g/mol. The standard InChI is InChI=1S/C15H23NO2/c1-10-8-14(17-2)15(18-3)9-13(10)11-4-6-12(16)7-5-11/h8-9,11-12H,4-7,16H2,1-3H3. The zero-order chi connectivity index (χ0) is 13.1. The largest absolute Gasteiger partial charge is 0.493 e. The number of benzene rings is 1. The predicted molar refractivity (Wildman–Crippen MR) is 73.5 cm³/mol. The summed E-state index contributed by atoms with van der Waals surface area (Å²) in [5, 5.41) is 0. The highest BCUT2D eigenvalue weighted by atomic mass is 16.5. The highest BCUT2D eigenvalue weighted by Crippen LogP contribution is 2.39. The van der Waals surface area contributed by atoms with Gasteiger partial charge in [0.2, 0.25) is 0 Å². The second-order valence-electron chi connectivity index (χ2n) is 5.18. The molecular formula is C15H23NO2. The van der Waals surface area contributed by atoms with E-state index in [1.807, 2.05) is 0 Å². The monoisotopic (exact) mass is 249 g/mol. The van der Waals surface area contributed by atoms with Crippen molar-refractivity contribution in [3.63, 3.8) is 0 Å². The van der Waals surface area contributed by atoms with Crippen molar-refractivity contribution < 1.29 is 9.47 Å². The Balaban J connectivity index is 2.27. The van der Waals surface area contributed by atoms with E-state index >= 15 is 0 Å². The highest BCUT2D eigenvalue weighted by molar-refractivity contribution is 5.48. The van der Waals surface area contributed by atoms with Crippen LogP contribution >= 0.6 is 0 Å². The van der Waals surface area contributed by atoms with Crippen molar-refractivity contribution in [3.05, 3.63) is 23.3 Å². The molecular weight excluding hydrogens is 226 g/mol. The van der Waals surface area contributed by atoms with Gasteiger partial charge in [0.1, 0.15) is 0 Å². The number of rotatable bonds is 3. The quantitative estimate of drug-likeness (QED) is 0.895. The van der Waals surface area contributed by atoms with E-state index in [1.54, 1.807) is 14.2 Å². The summed E-state index contributed by atoms with van der Waals surface area (Å²) in [4.78, 5) is 0. The molecule has 0 atom stereocenters. The van der Waals surface area contributed by atoms with E-state index in [9.17, 15) is 0 Å². The van der Waals surface area contributed by atoms with Gasteiger partial charge in [-0.2, -0.15) is 0 Å². The van der Waals surface area contributed by atoms with Crippen LogP contribution in [0.4, 0.5) is 0 Å². The van der Waals surface area contributed by atoms with Gasteiger partial charge in [0.25, 0.3) is 0 Å². The van der Waals surface area contributed by atoms with Crippen molar-refractivity contribution in [2.45, 2.75) is 44.6 Å². The van der Waals surface area contributed by atoms with Crippen LogP contribution in [-0.4, -0.2) is 20.3 Å². The normalized spacial score (nSPS) is 23.8. The van der Waals surface area contributed by atoms with Crippen LogP contribution in [0.25, 0.3) is 0 Å². The van der Waals surface area contributed by atoms with Crippen LogP contribution in [-0.2, 0) is 0 Å². The van der Waals surface area contributed by atoms with Crippen LogP contribution in [0.5, 0.6) is 11.5 Å². The number of ether oxygens (including phenoxy) is 2. The average Bonchev–Trinajstić information content (AvgIpc) is 2.39. The van der Waals surface area contributed by atoms with Gasteiger partial charge in [0.15, 0.2) is 11.5 Å². The number of nitrogens with two attached hydrogens (primary N) is 1. The van der Waals surface area contributed by atoms with Crippen LogP contribution in [0.1, 0.15) is 42.7 Å². The maximum atomic E-state index is 5.97. The number of aryl methyl sites for hydroxylation is 1. The van der Waals surface area contributed by atoms with E-state index in [0.29, 0.717) is 12.0 Å². The molecule has 0 unspecified atom stereocenters. The van der Waals surface area contributed by atoms with Crippen LogP contribution < -0.4 is 15.2 Å². The lowest BCUT2D eigenvalue weighted by molar-refractivity contribution is 0.351. The first-order valence-electron chi connectivity index (χ1n) is 6.63. The molecule has 0 aromatic heterocycles. The molecule has 0 bridgehead atoms. The second kappa shape index (κ2) is 5.61. The van der Waals surface area contributed by atoms with Crippen LogP contribution in [0.2, 0.25) is 0 Å². The molecule has 100 valence electrons. The molecule has 1 aliphatic rings. The zero-order valence-corrected chi connectivity index (χ0v) is 11.5. The molecule has 1 aromatic rings. The second-order valence-corrected chi connectivity index (χ2v) is 5.18. The van der Waals surface area contributed by atoms with Gasteiger partial charge in [-0.3, -0.25) is 0 Å². The van der Waals surface area contributed by atoms with Gasteiger partial charge in [0.05, 0.1) is 14.2 Å². The first-order chi connectivity index (χ1) is 8.65. The van der Waals surface area contributed by atoms with Gasteiger partial charge in [-0.25, -0.2) is 0 Å². The minimum absolute atomic E-state index is 0.390. The summed E-state index contributed by atoms with van der Waals surface area (Å²) in [6, 6.07) is 4.60. The van der Waals surface area contributed by atoms with Crippen LogP contribution in [0.15, 0.2) is 12.1 Å². The Labute approximate surface area is 109 Å². The first-order valence-corrected chi connectivity index (χ1v) is 6.63. The van der Waals surface area contributed by atoms with Gasteiger partial charge in [-0.05, 0) is 61.8 Å². The molecule has 3 heteroatoms. The third-order valence-electron chi connectivity index (χ3n) is 3.98. The van der Waals surface area contributed by atoms with Crippen molar-refractivity contribution in [2.24, 2.45) is 5.73 Å². The van der Waals surface area contributed by atoms with Crippen molar-refractivity contribution in [2.75, 3.05) is 14.2 Å². The molecule has 0 heterocycles. The molecule has 1 aromatic carbocycles. The maximum Gasteiger partial charge on any atom is 0.161 e. The van der Waals surface area contributed by atoms with Gasteiger partial charge in [-0.1, -0.05) is 0 Å². The van der Waals surface area contributed by atoms with Crippen molar-refractivity contribution in [1.29, 1.82) is 0 Å². The van der Waals surface area contributed by atoms with Crippen molar-refractivity contribution >= 4 is 0 Å². The fourth-order valence-electron chi connectivity index (χ4n) is 2.87. The zero-order valence-electron chi connectivity index (χ0n) is 11.5. The van der Waals surface area contributed by atoms with Crippen LogP contribution in [0, 0.1) is 6.92 Å². The number of hydrogen-bond donors (Lipinski definition) is 1. The summed E-state index contributed by atoms with van der Waals surface area (Å²) in [5.74, 6) is 2.25. The summed E-state index contributed by atoms with van der Waals surface area (Å²) in [5.41, 5.74) is 8.64. The van der Waals surface area contributed by atoms with Crippen molar-refractivity contribution in [3.8, 4) is 11.5 Å². The Kier molecular flexibility index (Phi) is 4.12. The van der Waals surface area contributed by atoms with Crippen molar-refractivity contribution in [1.82, 2.24) is 0 Å². The Bertz CT molecular complexity index is 409. The smallest absolute Gasteiger partial charge is 0.161 e. The Morgan fingerprint density at radius 3 is 2.11 bits per heavy atom. The van der Waals surface area contributed by atoms with E-state index < -0.39 is 0 Å². The first kappa shape index (κ1) is 13.2. The summed E-state index contributed by atoms with van der Waals surface area (Å²) >= 11 is 0. The van der Waals surface area contributed by atoms with Gasteiger partial charge < -0.3 is 15.2 Å². The van der Waals surface area contributed by atoms with Crippen LogP contribution in [0.3, 0.4) is 0 Å². The third-order valence-corrected chi connectivity index (χ3v) is 3.98. The Morgan fingerprint density at radius 1 is 1.00 bits per heavy atom. The number of hydrogen-bond acceptors (Lipinski definition) is 3. The molecule has 0 saturated heterocycles. The van der Waals surface area contributed by atoms with Gasteiger partial charge in [0, 0.05) is 6.04 Å². The lowest BCUT2D eigenvalue weighted by Gasteiger charge is -2.28. The van der Waals surface area contributed by atoms with Gasteiger partial charge in [-0.15, -0.1) is 0 Å². The fourth-order valence-corrected chi connectivity index (χ4v) is 2.87. The molecule has 1 aliphatic carbocycles. The van der Waals surface area contributed by atoms with E-state index in [-0.39, 0.29) is 0 Å². The van der Waals surface area contributed by atoms with E-state index in [4.69, 9.17) is 15.2 Å². The molecule has 1 fully saturated rings. The third kappa shape index (κ3) is 2.61. The molecule has 2 rings (SSSR count). The van der Waals surface area contributed by atoms with Gasteiger partial charge >= 0.3 is 0 Å². The Morgan fingerprint density at radius 2 is 1.56 bits per heavy atom. The molecule has 18 heavy (non-hydrogen) atoms. The minimum atomic E-state index is 0.390. The summed E-state index contributed by atoms with van der Waals surface area (Å²) < 4.78 is 10.7. The SMILES string of the molecule is COc1cc(C)c(C2CCC(N)CC2)cc1OC.